The van der Waals surface area contributed by atoms with Gasteiger partial charge in [0.15, 0.2) is 0 Å². The maximum Gasteiger partial charge on any atom is 0.229 e. The Morgan fingerprint density at radius 3 is 1.92 bits per heavy atom. The Balaban J connectivity index is 1.46. The number of piperidine rings is 1. The van der Waals surface area contributed by atoms with Crippen molar-refractivity contribution in [3.63, 3.8) is 0 Å². The fourth-order valence-electron chi connectivity index (χ4n) is 5.51. The van der Waals surface area contributed by atoms with Crippen molar-refractivity contribution in [2.24, 2.45) is 5.92 Å². The van der Waals surface area contributed by atoms with E-state index >= 15 is 0 Å². The van der Waals surface area contributed by atoms with Crippen LogP contribution in [-0.2, 0) is 19.6 Å². The van der Waals surface area contributed by atoms with Crippen LogP contribution in [0.4, 0.5) is 0 Å². The zero-order valence-corrected chi connectivity index (χ0v) is 15.5. The van der Waals surface area contributed by atoms with E-state index in [-0.39, 0.29) is 35.7 Å². The Morgan fingerprint density at radius 2 is 1.36 bits per heavy atom. The maximum absolute atomic E-state index is 13.0. The van der Waals surface area contributed by atoms with Crippen LogP contribution in [0.25, 0.3) is 0 Å². The Kier molecular flexibility index (Phi) is 4.65. The van der Waals surface area contributed by atoms with E-state index in [1.807, 2.05) is 0 Å². The molecule has 1 aliphatic carbocycles. The standard InChI is InChI=1S/C18H28N2O4S/c21-17-8-9-18(22)19(17)16-10-14-6-7-15(11-16)20(14)25(23,24)12-13-4-2-1-3-5-13/h13-16H,1-12H2. The SMILES string of the molecule is O=C1CCC(=O)N1C1CC2CCC(C1)N2S(=O)(=O)CC1CCCCC1. The topological polar surface area (TPSA) is 74.8 Å². The van der Waals surface area contributed by atoms with E-state index in [0.717, 1.165) is 38.5 Å². The molecular formula is C18H28N2O4S. The smallest absolute Gasteiger partial charge is 0.229 e. The van der Waals surface area contributed by atoms with Crippen molar-refractivity contribution in [1.29, 1.82) is 0 Å². The first kappa shape index (κ1) is 17.5. The van der Waals surface area contributed by atoms with Crippen molar-refractivity contribution >= 4 is 21.8 Å². The second-order valence-corrected chi connectivity index (χ2v) is 10.2. The Bertz CT molecular complexity index is 626. The van der Waals surface area contributed by atoms with Crippen molar-refractivity contribution in [2.75, 3.05) is 5.75 Å². The highest BCUT2D eigenvalue weighted by atomic mass is 32.2. The van der Waals surface area contributed by atoms with Gasteiger partial charge in [-0.3, -0.25) is 14.5 Å². The molecule has 4 fully saturated rings. The van der Waals surface area contributed by atoms with Gasteiger partial charge < -0.3 is 0 Å². The first-order valence-corrected chi connectivity index (χ1v) is 11.4. The van der Waals surface area contributed by atoms with Gasteiger partial charge in [-0.15, -0.1) is 0 Å². The molecule has 0 radical (unpaired) electrons. The zero-order valence-electron chi connectivity index (χ0n) is 14.7. The fourth-order valence-corrected chi connectivity index (χ4v) is 7.90. The molecule has 0 spiro atoms. The molecule has 6 nitrogen and oxygen atoms in total. The van der Waals surface area contributed by atoms with E-state index in [2.05, 4.69) is 0 Å². The van der Waals surface area contributed by atoms with Crippen LogP contribution in [0.2, 0.25) is 0 Å². The first-order chi connectivity index (χ1) is 12.0. The summed E-state index contributed by atoms with van der Waals surface area (Å²) in [5, 5.41) is 0. The summed E-state index contributed by atoms with van der Waals surface area (Å²) in [7, 11) is -3.25. The van der Waals surface area contributed by atoms with Crippen LogP contribution in [-0.4, -0.2) is 53.3 Å². The van der Waals surface area contributed by atoms with Crippen LogP contribution >= 0.6 is 0 Å². The monoisotopic (exact) mass is 368 g/mol. The third-order valence-corrected chi connectivity index (χ3v) is 8.72. The highest BCUT2D eigenvalue weighted by Gasteiger charge is 2.50. The Morgan fingerprint density at radius 1 is 0.800 bits per heavy atom. The molecule has 25 heavy (non-hydrogen) atoms. The highest BCUT2D eigenvalue weighted by molar-refractivity contribution is 7.89. The molecule has 0 N–H and O–H groups in total. The molecule has 7 heteroatoms. The van der Waals surface area contributed by atoms with Crippen LogP contribution in [0.5, 0.6) is 0 Å². The molecule has 0 aromatic rings. The van der Waals surface area contributed by atoms with Gasteiger partial charge in [0.25, 0.3) is 0 Å². The van der Waals surface area contributed by atoms with Crippen LogP contribution in [0.1, 0.15) is 70.6 Å². The average Bonchev–Trinajstić information content (AvgIpc) is 3.05. The van der Waals surface area contributed by atoms with E-state index in [4.69, 9.17) is 0 Å². The summed E-state index contributed by atoms with van der Waals surface area (Å²) in [5.74, 6) is 0.435. The second kappa shape index (κ2) is 6.65. The minimum absolute atomic E-state index is 0.0291. The molecule has 3 aliphatic heterocycles. The molecule has 4 rings (SSSR count). The van der Waals surface area contributed by atoms with E-state index in [0.29, 0.717) is 31.6 Å². The molecule has 140 valence electrons. The van der Waals surface area contributed by atoms with E-state index in [1.54, 1.807) is 4.31 Å². The average molecular weight is 368 g/mol. The van der Waals surface area contributed by atoms with Gasteiger partial charge in [0.2, 0.25) is 21.8 Å². The van der Waals surface area contributed by atoms with Gasteiger partial charge >= 0.3 is 0 Å². The lowest BCUT2D eigenvalue weighted by molar-refractivity contribution is -0.142. The van der Waals surface area contributed by atoms with Gasteiger partial charge in [-0.25, -0.2) is 8.42 Å². The van der Waals surface area contributed by atoms with E-state index < -0.39 is 10.0 Å². The minimum Gasteiger partial charge on any atom is -0.279 e. The number of sulfonamides is 1. The number of imide groups is 1. The maximum atomic E-state index is 13.0. The molecule has 0 aromatic heterocycles. The molecule has 4 aliphatic rings. The van der Waals surface area contributed by atoms with Gasteiger partial charge in [-0.2, -0.15) is 4.31 Å². The van der Waals surface area contributed by atoms with Crippen molar-refractivity contribution in [3.8, 4) is 0 Å². The molecule has 2 atom stereocenters. The number of amides is 2. The van der Waals surface area contributed by atoms with Gasteiger partial charge in [0.1, 0.15) is 0 Å². The van der Waals surface area contributed by atoms with Crippen LogP contribution in [0.15, 0.2) is 0 Å². The zero-order chi connectivity index (χ0) is 17.6. The summed E-state index contributed by atoms with van der Waals surface area (Å²) >= 11 is 0. The Labute approximate surface area is 150 Å². The van der Waals surface area contributed by atoms with Gasteiger partial charge in [-0.05, 0) is 44.4 Å². The molecular weight excluding hydrogens is 340 g/mol. The third-order valence-electron chi connectivity index (χ3n) is 6.59. The molecule has 3 heterocycles. The van der Waals surface area contributed by atoms with Gasteiger partial charge in [0.05, 0.1) is 5.75 Å². The predicted octanol–water partition coefficient (Wildman–Crippen LogP) is 2.04. The van der Waals surface area contributed by atoms with Gasteiger partial charge in [0, 0.05) is 31.0 Å². The fraction of sp³-hybridized carbons (Fsp3) is 0.889. The van der Waals surface area contributed by atoms with Crippen molar-refractivity contribution in [1.82, 2.24) is 9.21 Å². The number of rotatable bonds is 4. The lowest BCUT2D eigenvalue weighted by Gasteiger charge is -2.41. The summed E-state index contributed by atoms with van der Waals surface area (Å²) in [5.41, 5.74) is 0. The summed E-state index contributed by atoms with van der Waals surface area (Å²) in [6, 6.07) is -0.154. The number of carbonyl (C=O) groups is 2. The third kappa shape index (κ3) is 3.25. The predicted molar refractivity (Wildman–Crippen MR) is 93.1 cm³/mol. The van der Waals surface area contributed by atoms with E-state index in [9.17, 15) is 18.0 Å². The molecule has 1 saturated carbocycles. The van der Waals surface area contributed by atoms with Gasteiger partial charge in [-0.1, -0.05) is 19.3 Å². The highest BCUT2D eigenvalue weighted by Crippen LogP contribution is 2.41. The normalized spacial score (nSPS) is 34.9. The van der Waals surface area contributed by atoms with Crippen molar-refractivity contribution < 1.29 is 18.0 Å². The molecule has 2 amide bonds. The quantitative estimate of drug-likeness (QED) is 0.712. The minimum atomic E-state index is -3.25. The van der Waals surface area contributed by atoms with Crippen LogP contribution < -0.4 is 0 Å². The first-order valence-electron chi connectivity index (χ1n) is 9.82. The number of fused-ring (bicyclic) bond motifs is 2. The molecule has 0 aromatic carbocycles. The summed E-state index contributed by atoms with van der Waals surface area (Å²) in [6.07, 6.45) is 9.18. The molecule has 2 unspecified atom stereocenters. The van der Waals surface area contributed by atoms with Crippen molar-refractivity contribution in [3.05, 3.63) is 0 Å². The lowest BCUT2D eigenvalue weighted by Crippen LogP contribution is -2.54. The van der Waals surface area contributed by atoms with Crippen LogP contribution in [0.3, 0.4) is 0 Å². The van der Waals surface area contributed by atoms with E-state index in [1.165, 1.54) is 11.3 Å². The molecule has 2 bridgehead atoms. The lowest BCUT2D eigenvalue weighted by atomic mass is 9.91. The summed E-state index contributed by atoms with van der Waals surface area (Å²) in [6.45, 7) is 0. The number of hydrogen-bond donors (Lipinski definition) is 0. The number of carbonyl (C=O) groups excluding carboxylic acids is 2. The number of nitrogens with zero attached hydrogens (tertiary/aromatic N) is 2. The summed E-state index contributed by atoms with van der Waals surface area (Å²) in [4.78, 5) is 25.5. The van der Waals surface area contributed by atoms with Crippen molar-refractivity contribution in [2.45, 2.75) is 88.8 Å². The summed E-state index contributed by atoms with van der Waals surface area (Å²) < 4.78 is 27.9. The van der Waals surface area contributed by atoms with Crippen LogP contribution in [0, 0.1) is 5.92 Å². The largest absolute Gasteiger partial charge is 0.279 e. The number of likely N-dealkylation sites (tertiary alicyclic amines) is 1. The second-order valence-electron chi connectivity index (χ2n) is 8.28. The number of hydrogen-bond acceptors (Lipinski definition) is 4. The molecule has 3 saturated heterocycles. The Hall–Kier alpha value is -0.950.